The fourth-order valence-corrected chi connectivity index (χ4v) is 7.58. The number of benzene rings is 2. The lowest BCUT2D eigenvalue weighted by molar-refractivity contribution is 0.0270. The van der Waals surface area contributed by atoms with Crippen molar-refractivity contribution >= 4 is 11.8 Å². The van der Waals surface area contributed by atoms with Gasteiger partial charge in [0.2, 0.25) is 0 Å². The highest BCUT2D eigenvalue weighted by atomic mass is 16.6. The number of rotatable bonds is 3. The molecule has 186 valence electrons. The number of likely N-dealkylation sites (tertiary alicyclic amines) is 1. The van der Waals surface area contributed by atoms with Crippen LogP contribution >= 0.6 is 0 Å². The van der Waals surface area contributed by atoms with E-state index in [2.05, 4.69) is 70.2 Å². The Bertz CT molecular complexity index is 1060. The molecule has 4 aliphatic heterocycles. The predicted octanol–water partition coefficient (Wildman–Crippen LogP) is 5.50. The molecule has 2 atom stereocenters. The molecule has 4 heterocycles. The van der Waals surface area contributed by atoms with Crippen molar-refractivity contribution in [3.63, 3.8) is 0 Å². The summed E-state index contributed by atoms with van der Waals surface area (Å²) in [5.74, 6) is 0. The first kappa shape index (κ1) is 22.9. The van der Waals surface area contributed by atoms with Crippen LogP contribution in [0, 0.1) is 6.92 Å². The Balaban J connectivity index is 1.18. The fraction of sp³-hybridized carbons (Fsp3) is 0.567. The monoisotopic (exact) mass is 473 g/mol. The summed E-state index contributed by atoms with van der Waals surface area (Å²) in [6.45, 7) is 8.97. The highest BCUT2D eigenvalue weighted by Gasteiger charge is 2.48. The molecule has 1 spiro atoms. The van der Waals surface area contributed by atoms with Gasteiger partial charge in [0, 0.05) is 42.3 Å². The van der Waals surface area contributed by atoms with Crippen LogP contribution in [0.2, 0.25) is 0 Å². The van der Waals surface area contributed by atoms with Gasteiger partial charge in [-0.15, -0.1) is 0 Å². The van der Waals surface area contributed by atoms with Crippen molar-refractivity contribution in [1.29, 1.82) is 0 Å². The van der Waals surface area contributed by atoms with E-state index in [9.17, 15) is 4.79 Å². The number of carbonyl (C=O) groups excluding carboxylic acids is 1. The van der Waals surface area contributed by atoms with Gasteiger partial charge < -0.3 is 19.4 Å². The van der Waals surface area contributed by atoms with Crippen LogP contribution in [0.25, 0.3) is 0 Å². The summed E-state index contributed by atoms with van der Waals surface area (Å²) in [6, 6.07) is 19.5. The minimum absolute atomic E-state index is 0.0916. The van der Waals surface area contributed by atoms with Gasteiger partial charge in [-0.1, -0.05) is 36.4 Å². The maximum atomic E-state index is 12.5. The number of carbonyl (C=O) groups is 1. The molecule has 6 rings (SSSR count). The van der Waals surface area contributed by atoms with Gasteiger partial charge in [0.05, 0.1) is 6.61 Å². The van der Waals surface area contributed by atoms with Crippen molar-refractivity contribution in [3.05, 3.63) is 65.2 Å². The van der Waals surface area contributed by atoms with Gasteiger partial charge >= 0.3 is 6.09 Å². The summed E-state index contributed by atoms with van der Waals surface area (Å²) < 4.78 is 5.37. The molecule has 2 aromatic carbocycles. The van der Waals surface area contributed by atoms with Gasteiger partial charge in [0.25, 0.3) is 0 Å². The van der Waals surface area contributed by atoms with Crippen LogP contribution in [0.1, 0.15) is 62.1 Å². The van der Waals surface area contributed by atoms with Gasteiger partial charge in [-0.25, -0.2) is 4.79 Å². The molecule has 0 radical (unpaired) electrons. The van der Waals surface area contributed by atoms with Crippen molar-refractivity contribution in [2.75, 3.05) is 31.1 Å². The molecular formula is C30H39N3O2. The Morgan fingerprint density at radius 1 is 1.00 bits per heavy atom. The Hall–Kier alpha value is -2.53. The smallest absolute Gasteiger partial charge is 0.410 e. The summed E-state index contributed by atoms with van der Waals surface area (Å²) in [5.41, 5.74) is 5.98. The van der Waals surface area contributed by atoms with Gasteiger partial charge in [-0.3, -0.25) is 0 Å². The lowest BCUT2D eigenvalue weighted by Crippen LogP contribution is -2.57. The average Bonchev–Trinajstić information content (AvgIpc) is 3.14. The molecule has 2 bridgehead atoms. The highest BCUT2D eigenvalue weighted by molar-refractivity contribution is 5.69. The number of nitrogens with zero attached hydrogens (tertiary/aromatic N) is 3. The highest BCUT2D eigenvalue weighted by Crippen LogP contribution is 2.45. The first-order valence-electron chi connectivity index (χ1n) is 13.7. The summed E-state index contributed by atoms with van der Waals surface area (Å²) in [4.78, 5) is 20.0. The minimum Gasteiger partial charge on any atom is -0.450 e. The molecule has 0 aliphatic carbocycles. The summed E-state index contributed by atoms with van der Waals surface area (Å²) in [6.07, 6.45) is 6.81. The molecular weight excluding hydrogens is 434 g/mol. The fourth-order valence-electron chi connectivity index (χ4n) is 7.58. The van der Waals surface area contributed by atoms with Gasteiger partial charge in [0.1, 0.15) is 0 Å². The molecule has 2 aromatic rings. The molecule has 0 saturated carbocycles. The molecule has 35 heavy (non-hydrogen) atoms. The number of amides is 1. The second-order valence-electron chi connectivity index (χ2n) is 11.3. The van der Waals surface area contributed by atoms with Crippen LogP contribution in [-0.4, -0.2) is 60.3 Å². The van der Waals surface area contributed by atoms with Crippen LogP contribution in [0.5, 0.6) is 0 Å². The van der Waals surface area contributed by atoms with Crippen molar-refractivity contribution in [2.45, 2.75) is 82.5 Å². The zero-order valence-corrected chi connectivity index (χ0v) is 21.3. The third-order valence-electron chi connectivity index (χ3n) is 9.27. The van der Waals surface area contributed by atoms with Gasteiger partial charge in [0.15, 0.2) is 0 Å². The zero-order valence-electron chi connectivity index (χ0n) is 21.3. The standard InChI is InChI=1S/C30H39N3O2/c1-3-35-29(34)33-25-11-12-26(33)19-27(18-25)31-15-13-30(14-16-31)21-32(24-9-6-7-22(2)17-24)20-23-8-4-5-10-28(23)30/h4-10,17,25-27H,3,11-16,18-21H2,1-2H3. The molecule has 3 saturated heterocycles. The largest absolute Gasteiger partial charge is 0.450 e. The number of hydrogen-bond acceptors (Lipinski definition) is 4. The summed E-state index contributed by atoms with van der Waals surface area (Å²) in [7, 11) is 0. The topological polar surface area (TPSA) is 36.0 Å². The Labute approximate surface area is 210 Å². The maximum absolute atomic E-state index is 12.5. The molecule has 4 aliphatic rings. The number of piperidine rings is 2. The van der Waals surface area contributed by atoms with E-state index in [4.69, 9.17) is 4.74 Å². The first-order chi connectivity index (χ1) is 17.1. The Morgan fingerprint density at radius 3 is 2.46 bits per heavy atom. The molecule has 1 amide bonds. The van der Waals surface area contributed by atoms with Crippen molar-refractivity contribution in [3.8, 4) is 0 Å². The predicted molar refractivity (Wildman–Crippen MR) is 140 cm³/mol. The van der Waals surface area contributed by atoms with Gasteiger partial charge in [-0.2, -0.15) is 0 Å². The quantitative estimate of drug-likeness (QED) is 0.590. The van der Waals surface area contributed by atoms with Crippen LogP contribution in [-0.2, 0) is 16.7 Å². The normalized spacial score (nSPS) is 27.7. The second kappa shape index (κ2) is 9.16. The Morgan fingerprint density at radius 2 is 1.74 bits per heavy atom. The number of anilines is 1. The third-order valence-corrected chi connectivity index (χ3v) is 9.27. The van der Waals surface area contributed by atoms with Crippen LogP contribution < -0.4 is 4.90 Å². The molecule has 0 aromatic heterocycles. The molecule has 5 heteroatoms. The molecule has 0 N–H and O–H groups in total. The van der Waals surface area contributed by atoms with Crippen molar-refractivity contribution in [2.24, 2.45) is 0 Å². The van der Waals surface area contributed by atoms with E-state index in [0.717, 1.165) is 51.9 Å². The second-order valence-corrected chi connectivity index (χ2v) is 11.3. The van der Waals surface area contributed by atoms with Crippen LogP contribution in [0.15, 0.2) is 48.5 Å². The van der Waals surface area contributed by atoms with Crippen molar-refractivity contribution in [1.82, 2.24) is 9.80 Å². The van der Waals surface area contributed by atoms with E-state index >= 15 is 0 Å². The van der Waals surface area contributed by atoms with E-state index in [1.54, 1.807) is 5.56 Å². The summed E-state index contributed by atoms with van der Waals surface area (Å²) in [5, 5.41) is 0. The summed E-state index contributed by atoms with van der Waals surface area (Å²) >= 11 is 0. The number of ether oxygens (including phenoxy) is 1. The van der Waals surface area contributed by atoms with E-state index < -0.39 is 0 Å². The lowest BCUT2D eigenvalue weighted by Gasteiger charge is -2.52. The number of aryl methyl sites for hydroxylation is 1. The van der Waals surface area contributed by atoms with Crippen molar-refractivity contribution < 1.29 is 9.53 Å². The van der Waals surface area contributed by atoms with Crippen LogP contribution in [0.3, 0.4) is 0 Å². The minimum atomic E-state index is -0.0916. The Kier molecular flexibility index (Phi) is 6.00. The first-order valence-corrected chi connectivity index (χ1v) is 13.7. The zero-order chi connectivity index (χ0) is 24.0. The lowest BCUT2D eigenvalue weighted by atomic mass is 9.68. The number of fused-ring (bicyclic) bond motifs is 4. The van der Waals surface area contributed by atoms with E-state index in [0.29, 0.717) is 24.7 Å². The van der Waals surface area contributed by atoms with E-state index in [-0.39, 0.29) is 11.5 Å². The molecule has 5 nitrogen and oxygen atoms in total. The third kappa shape index (κ3) is 4.12. The number of hydrogen-bond donors (Lipinski definition) is 0. The van der Waals surface area contributed by atoms with E-state index in [1.807, 2.05) is 6.92 Å². The van der Waals surface area contributed by atoms with Crippen LogP contribution in [0.4, 0.5) is 10.5 Å². The maximum Gasteiger partial charge on any atom is 0.410 e. The molecule has 2 unspecified atom stereocenters. The SMILES string of the molecule is CCOC(=O)N1C2CCC1CC(N1CCC3(CC1)CN(c1cccc(C)c1)Cc1ccccc13)C2. The van der Waals surface area contributed by atoms with E-state index in [1.165, 1.54) is 29.7 Å². The molecule has 3 fully saturated rings. The van der Waals surface area contributed by atoms with Gasteiger partial charge in [-0.05, 0) is 94.3 Å². The average molecular weight is 474 g/mol.